The Labute approximate surface area is 110 Å². The molecular weight excluding hydrogens is 244 g/mol. The summed E-state index contributed by atoms with van der Waals surface area (Å²) in [6.45, 7) is 6.34. The Kier molecular flexibility index (Phi) is 3.74. The summed E-state index contributed by atoms with van der Waals surface area (Å²) in [5.41, 5.74) is 2.49. The predicted octanol–water partition coefficient (Wildman–Crippen LogP) is 1.50. The van der Waals surface area contributed by atoms with Gasteiger partial charge in [-0.05, 0) is 20.8 Å². The lowest BCUT2D eigenvalue weighted by Crippen LogP contribution is -2.16. The Hall–Kier alpha value is -2.44. The minimum absolute atomic E-state index is 0.262. The zero-order valence-electron chi connectivity index (χ0n) is 11.1. The van der Waals surface area contributed by atoms with E-state index < -0.39 is 0 Å². The normalized spacial score (nSPS) is 10.3. The number of nitrogens with zero attached hydrogens (tertiary/aromatic N) is 3. The number of H-pyrrole nitrogens is 1. The summed E-state index contributed by atoms with van der Waals surface area (Å²) >= 11 is 0. The first kappa shape index (κ1) is 13.0. The van der Waals surface area contributed by atoms with Crippen molar-refractivity contribution in [1.29, 1.82) is 0 Å². The second-order valence-corrected chi connectivity index (χ2v) is 4.08. The van der Waals surface area contributed by atoms with Crippen LogP contribution in [-0.2, 0) is 0 Å². The summed E-state index contributed by atoms with van der Waals surface area (Å²) < 4.78 is 0. The molecule has 0 spiro atoms. The number of aryl methyl sites for hydroxylation is 2. The molecular formula is C12H16N6O. The van der Waals surface area contributed by atoms with Gasteiger partial charge in [0.2, 0.25) is 0 Å². The molecule has 0 atom stereocenters. The Morgan fingerprint density at radius 3 is 2.79 bits per heavy atom. The first-order chi connectivity index (χ1) is 9.11. The maximum absolute atomic E-state index is 12.1. The lowest BCUT2D eigenvalue weighted by Gasteiger charge is -2.06. The minimum Gasteiger partial charge on any atom is -0.369 e. The highest BCUT2D eigenvalue weighted by Crippen LogP contribution is 2.16. The Balaban J connectivity index is 2.18. The molecule has 2 aromatic rings. The summed E-state index contributed by atoms with van der Waals surface area (Å²) in [7, 11) is 0. The Morgan fingerprint density at radius 1 is 1.37 bits per heavy atom. The molecule has 0 radical (unpaired) electrons. The SMILES string of the molecule is CCNc1cncc(C(=O)Nc2c(C)n[nH]c2C)n1. The monoisotopic (exact) mass is 260 g/mol. The molecule has 0 bridgehead atoms. The minimum atomic E-state index is -0.306. The van der Waals surface area contributed by atoms with Crippen LogP contribution in [0.4, 0.5) is 11.5 Å². The van der Waals surface area contributed by atoms with E-state index in [1.165, 1.54) is 6.20 Å². The quantitative estimate of drug-likeness (QED) is 0.774. The van der Waals surface area contributed by atoms with Gasteiger partial charge in [-0.3, -0.25) is 14.9 Å². The standard InChI is InChI=1S/C12H16N6O/c1-4-14-10-6-13-5-9(15-10)12(19)16-11-7(2)17-18-8(11)3/h5-6H,4H2,1-3H3,(H,14,15)(H,16,19)(H,17,18). The molecule has 0 aliphatic heterocycles. The molecule has 0 saturated carbocycles. The van der Waals surface area contributed by atoms with E-state index in [-0.39, 0.29) is 11.6 Å². The van der Waals surface area contributed by atoms with Crippen LogP contribution >= 0.6 is 0 Å². The molecule has 3 N–H and O–H groups in total. The van der Waals surface area contributed by atoms with Crippen LogP contribution in [0.1, 0.15) is 28.8 Å². The van der Waals surface area contributed by atoms with Crippen molar-refractivity contribution in [1.82, 2.24) is 20.2 Å². The molecule has 2 aromatic heterocycles. The van der Waals surface area contributed by atoms with Gasteiger partial charge >= 0.3 is 0 Å². The Morgan fingerprint density at radius 2 is 2.16 bits per heavy atom. The molecule has 0 aromatic carbocycles. The number of anilines is 2. The molecule has 19 heavy (non-hydrogen) atoms. The van der Waals surface area contributed by atoms with E-state index in [4.69, 9.17) is 0 Å². The summed E-state index contributed by atoms with van der Waals surface area (Å²) in [6, 6.07) is 0. The number of nitrogens with one attached hydrogen (secondary N) is 3. The zero-order chi connectivity index (χ0) is 13.8. The van der Waals surface area contributed by atoms with Crippen LogP contribution in [0.5, 0.6) is 0 Å². The van der Waals surface area contributed by atoms with E-state index in [0.717, 1.165) is 17.9 Å². The van der Waals surface area contributed by atoms with Gasteiger partial charge in [-0.1, -0.05) is 0 Å². The van der Waals surface area contributed by atoms with Gasteiger partial charge in [0.05, 0.1) is 29.5 Å². The predicted molar refractivity (Wildman–Crippen MR) is 72.2 cm³/mol. The number of carbonyl (C=O) groups excluding carboxylic acids is 1. The molecule has 0 aliphatic carbocycles. The number of rotatable bonds is 4. The lowest BCUT2D eigenvalue weighted by molar-refractivity contribution is 0.102. The van der Waals surface area contributed by atoms with Crippen molar-refractivity contribution in [2.24, 2.45) is 0 Å². The van der Waals surface area contributed by atoms with Gasteiger partial charge in [-0.15, -0.1) is 0 Å². The van der Waals surface area contributed by atoms with E-state index >= 15 is 0 Å². The van der Waals surface area contributed by atoms with Crippen molar-refractivity contribution < 1.29 is 4.79 Å². The average molecular weight is 260 g/mol. The third-order valence-electron chi connectivity index (χ3n) is 2.59. The second-order valence-electron chi connectivity index (χ2n) is 4.08. The summed E-state index contributed by atoms with van der Waals surface area (Å²) in [6.07, 6.45) is 3.01. The molecule has 2 heterocycles. The number of hydrogen-bond donors (Lipinski definition) is 3. The first-order valence-corrected chi connectivity index (χ1v) is 6.00. The van der Waals surface area contributed by atoms with Gasteiger partial charge in [0.15, 0.2) is 0 Å². The van der Waals surface area contributed by atoms with Crippen molar-refractivity contribution in [3.63, 3.8) is 0 Å². The maximum atomic E-state index is 12.1. The first-order valence-electron chi connectivity index (χ1n) is 6.00. The molecule has 0 saturated heterocycles. The van der Waals surface area contributed by atoms with Crippen molar-refractivity contribution in [3.05, 3.63) is 29.5 Å². The average Bonchev–Trinajstić information content (AvgIpc) is 2.71. The van der Waals surface area contributed by atoms with Crippen molar-refractivity contribution in [2.75, 3.05) is 17.2 Å². The number of hydrogen-bond acceptors (Lipinski definition) is 5. The fourth-order valence-electron chi connectivity index (χ4n) is 1.65. The van der Waals surface area contributed by atoms with Gasteiger partial charge < -0.3 is 10.6 Å². The molecule has 7 heteroatoms. The van der Waals surface area contributed by atoms with Crippen LogP contribution in [0.2, 0.25) is 0 Å². The van der Waals surface area contributed by atoms with Crippen LogP contribution in [0.15, 0.2) is 12.4 Å². The zero-order valence-corrected chi connectivity index (χ0v) is 11.1. The molecule has 7 nitrogen and oxygen atoms in total. The van der Waals surface area contributed by atoms with Gasteiger partial charge in [0.25, 0.3) is 5.91 Å². The van der Waals surface area contributed by atoms with Crippen molar-refractivity contribution in [3.8, 4) is 0 Å². The number of amides is 1. The molecule has 0 aliphatic rings. The summed E-state index contributed by atoms with van der Waals surface area (Å²) in [5.74, 6) is 0.274. The lowest BCUT2D eigenvalue weighted by atomic mass is 10.3. The summed E-state index contributed by atoms with van der Waals surface area (Å²) in [5, 5.41) is 12.6. The number of aromatic amines is 1. The van der Waals surface area contributed by atoms with Gasteiger partial charge in [-0.2, -0.15) is 5.10 Å². The smallest absolute Gasteiger partial charge is 0.276 e. The number of aromatic nitrogens is 4. The largest absolute Gasteiger partial charge is 0.369 e. The number of carbonyl (C=O) groups is 1. The van der Waals surface area contributed by atoms with Crippen molar-refractivity contribution in [2.45, 2.75) is 20.8 Å². The highest BCUT2D eigenvalue weighted by atomic mass is 16.1. The topological polar surface area (TPSA) is 95.6 Å². The van der Waals surface area contributed by atoms with E-state index in [9.17, 15) is 4.79 Å². The van der Waals surface area contributed by atoms with Crippen LogP contribution in [0, 0.1) is 13.8 Å². The second kappa shape index (κ2) is 5.47. The van der Waals surface area contributed by atoms with Gasteiger partial charge in [0, 0.05) is 6.54 Å². The van der Waals surface area contributed by atoms with E-state index in [0.29, 0.717) is 11.5 Å². The van der Waals surface area contributed by atoms with E-state index in [2.05, 4.69) is 30.8 Å². The third-order valence-corrected chi connectivity index (χ3v) is 2.59. The highest BCUT2D eigenvalue weighted by molar-refractivity contribution is 6.03. The summed E-state index contributed by atoms with van der Waals surface area (Å²) in [4.78, 5) is 20.3. The van der Waals surface area contributed by atoms with Gasteiger partial charge in [-0.25, -0.2) is 4.98 Å². The maximum Gasteiger partial charge on any atom is 0.276 e. The van der Waals surface area contributed by atoms with E-state index in [1.54, 1.807) is 6.20 Å². The van der Waals surface area contributed by atoms with Gasteiger partial charge in [0.1, 0.15) is 11.5 Å². The molecule has 2 rings (SSSR count). The molecule has 0 fully saturated rings. The fourth-order valence-corrected chi connectivity index (χ4v) is 1.65. The van der Waals surface area contributed by atoms with Crippen molar-refractivity contribution >= 4 is 17.4 Å². The third kappa shape index (κ3) is 2.87. The molecule has 0 unspecified atom stereocenters. The van der Waals surface area contributed by atoms with Crippen LogP contribution in [-0.4, -0.2) is 32.6 Å². The van der Waals surface area contributed by atoms with Crippen LogP contribution < -0.4 is 10.6 Å². The Bertz CT molecular complexity index is 572. The van der Waals surface area contributed by atoms with E-state index in [1.807, 2.05) is 20.8 Å². The molecule has 100 valence electrons. The molecule has 1 amide bonds. The van der Waals surface area contributed by atoms with Crippen LogP contribution in [0.25, 0.3) is 0 Å². The fraction of sp³-hybridized carbons (Fsp3) is 0.333. The highest BCUT2D eigenvalue weighted by Gasteiger charge is 2.13. The van der Waals surface area contributed by atoms with Crippen LogP contribution in [0.3, 0.4) is 0 Å².